The highest BCUT2D eigenvalue weighted by Crippen LogP contribution is 2.23. The lowest BCUT2D eigenvalue weighted by molar-refractivity contribution is 0.675. The number of hydrogen-bond acceptors (Lipinski definition) is 4. The van der Waals surface area contributed by atoms with Crippen LogP contribution in [0.3, 0.4) is 0 Å². The molecule has 0 radical (unpaired) electrons. The highest BCUT2D eigenvalue weighted by molar-refractivity contribution is 5.47. The second kappa shape index (κ2) is 5.06. The van der Waals surface area contributed by atoms with Crippen LogP contribution in [0.4, 0.5) is 5.82 Å². The summed E-state index contributed by atoms with van der Waals surface area (Å²) in [5.41, 5.74) is 2.70. The van der Waals surface area contributed by atoms with E-state index in [1.165, 1.54) is 24.0 Å². The van der Waals surface area contributed by atoms with Gasteiger partial charge in [-0.15, -0.1) is 0 Å². The average molecular weight is 244 g/mol. The number of aromatic nitrogens is 2. The fourth-order valence-corrected chi connectivity index (χ4v) is 2.27. The molecule has 0 atom stereocenters. The van der Waals surface area contributed by atoms with Gasteiger partial charge in [0.25, 0.3) is 0 Å². The third kappa shape index (κ3) is 2.70. The zero-order valence-corrected chi connectivity index (χ0v) is 10.9. The first-order valence-electron chi connectivity index (χ1n) is 6.76. The van der Waals surface area contributed by atoms with Gasteiger partial charge in [0.2, 0.25) is 0 Å². The molecule has 1 aromatic heterocycles. The molecule has 0 bridgehead atoms. The Kier molecular flexibility index (Phi) is 3.28. The molecular weight excluding hydrogens is 224 g/mol. The van der Waals surface area contributed by atoms with Gasteiger partial charge < -0.3 is 10.2 Å². The Bertz CT molecular complexity index is 451. The third-order valence-corrected chi connectivity index (χ3v) is 3.66. The summed E-state index contributed by atoms with van der Waals surface area (Å²) in [6.45, 7) is 5.13. The van der Waals surface area contributed by atoms with Crippen molar-refractivity contribution in [1.29, 1.82) is 0 Å². The number of rotatable bonds is 4. The maximum absolute atomic E-state index is 4.47. The number of nitrogens with zero attached hydrogens (tertiary/aromatic N) is 3. The lowest BCUT2D eigenvalue weighted by Gasteiger charge is -2.28. The second-order valence-corrected chi connectivity index (χ2v) is 5.27. The second-order valence-electron chi connectivity index (χ2n) is 5.27. The van der Waals surface area contributed by atoms with Crippen LogP contribution in [0.1, 0.15) is 31.7 Å². The molecule has 3 rings (SSSR count). The highest BCUT2D eigenvalue weighted by Gasteiger charge is 2.21. The summed E-state index contributed by atoms with van der Waals surface area (Å²) in [6, 6.07) is 0.724. The predicted octanol–water partition coefficient (Wildman–Crippen LogP) is 1.89. The van der Waals surface area contributed by atoms with E-state index < -0.39 is 0 Å². The molecule has 1 saturated carbocycles. The van der Waals surface area contributed by atoms with E-state index in [-0.39, 0.29) is 0 Å². The lowest BCUT2D eigenvalue weighted by Crippen LogP contribution is -2.31. The first kappa shape index (κ1) is 11.7. The SMILES string of the molecule is CC1=CCN(c2ncncc2CNC2CC2)CC1. The zero-order chi connectivity index (χ0) is 12.4. The average Bonchev–Trinajstić information content (AvgIpc) is 3.22. The summed E-state index contributed by atoms with van der Waals surface area (Å²) < 4.78 is 0. The van der Waals surface area contributed by atoms with Crippen molar-refractivity contribution in [2.75, 3.05) is 18.0 Å². The minimum Gasteiger partial charge on any atom is -0.352 e. The molecule has 0 saturated heterocycles. The number of anilines is 1. The van der Waals surface area contributed by atoms with Crippen LogP contribution in [0, 0.1) is 0 Å². The molecule has 4 nitrogen and oxygen atoms in total. The van der Waals surface area contributed by atoms with E-state index in [1.807, 2.05) is 6.20 Å². The fraction of sp³-hybridized carbons (Fsp3) is 0.571. The maximum Gasteiger partial charge on any atom is 0.136 e. The maximum atomic E-state index is 4.47. The molecule has 0 amide bonds. The van der Waals surface area contributed by atoms with E-state index in [2.05, 4.69) is 33.2 Å². The van der Waals surface area contributed by atoms with Crippen molar-refractivity contribution in [3.63, 3.8) is 0 Å². The molecule has 1 aromatic rings. The Balaban J connectivity index is 1.73. The first-order chi connectivity index (χ1) is 8.83. The minimum absolute atomic E-state index is 0.724. The van der Waals surface area contributed by atoms with Crippen molar-refractivity contribution in [2.24, 2.45) is 0 Å². The molecule has 1 fully saturated rings. The number of nitrogens with one attached hydrogen (secondary N) is 1. The van der Waals surface area contributed by atoms with Crippen molar-refractivity contribution in [3.05, 3.63) is 29.7 Å². The van der Waals surface area contributed by atoms with E-state index in [0.717, 1.165) is 37.9 Å². The summed E-state index contributed by atoms with van der Waals surface area (Å²) >= 11 is 0. The molecule has 1 N–H and O–H groups in total. The van der Waals surface area contributed by atoms with Crippen molar-refractivity contribution in [3.8, 4) is 0 Å². The van der Waals surface area contributed by atoms with Crippen molar-refractivity contribution >= 4 is 5.82 Å². The summed E-state index contributed by atoms with van der Waals surface area (Å²) in [5, 5.41) is 3.54. The van der Waals surface area contributed by atoms with Crippen LogP contribution < -0.4 is 10.2 Å². The van der Waals surface area contributed by atoms with Crippen LogP contribution in [0.5, 0.6) is 0 Å². The zero-order valence-electron chi connectivity index (χ0n) is 10.9. The van der Waals surface area contributed by atoms with Crippen molar-refractivity contribution < 1.29 is 0 Å². The van der Waals surface area contributed by atoms with Crippen LogP contribution in [0.2, 0.25) is 0 Å². The smallest absolute Gasteiger partial charge is 0.136 e. The van der Waals surface area contributed by atoms with E-state index in [4.69, 9.17) is 0 Å². The molecule has 1 aliphatic carbocycles. The Labute approximate surface area is 108 Å². The molecule has 2 heterocycles. The summed E-state index contributed by atoms with van der Waals surface area (Å²) in [5.74, 6) is 1.10. The molecule has 0 unspecified atom stereocenters. The van der Waals surface area contributed by atoms with Crippen LogP contribution in [-0.4, -0.2) is 29.1 Å². The van der Waals surface area contributed by atoms with Crippen LogP contribution in [0.15, 0.2) is 24.2 Å². The topological polar surface area (TPSA) is 41.1 Å². The summed E-state index contributed by atoms with van der Waals surface area (Å²) in [6.07, 6.45) is 9.66. The van der Waals surface area contributed by atoms with Gasteiger partial charge in [0.05, 0.1) is 0 Å². The fourth-order valence-electron chi connectivity index (χ4n) is 2.27. The van der Waals surface area contributed by atoms with Crippen LogP contribution in [0.25, 0.3) is 0 Å². The quantitative estimate of drug-likeness (QED) is 0.821. The van der Waals surface area contributed by atoms with E-state index in [1.54, 1.807) is 6.33 Å². The molecular formula is C14H20N4. The molecule has 0 aromatic carbocycles. The third-order valence-electron chi connectivity index (χ3n) is 3.66. The van der Waals surface area contributed by atoms with Gasteiger partial charge in [-0.2, -0.15) is 0 Å². The van der Waals surface area contributed by atoms with Crippen LogP contribution >= 0.6 is 0 Å². The van der Waals surface area contributed by atoms with Gasteiger partial charge in [-0.1, -0.05) is 11.6 Å². The highest BCUT2D eigenvalue weighted by atomic mass is 15.2. The lowest BCUT2D eigenvalue weighted by atomic mass is 10.1. The summed E-state index contributed by atoms with van der Waals surface area (Å²) in [4.78, 5) is 11.0. The van der Waals surface area contributed by atoms with Gasteiger partial charge in [-0.3, -0.25) is 0 Å². The molecule has 4 heteroatoms. The van der Waals surface area contributed by atoms with E-state index >= 15 is 0 Å². The Morgan fingerprint density at radius 3 is 3.06 bits per heavy atom. The molecule has 1 aliphatic heterocycles. The normalized spacial score (nSPS) is 19.8. The number of hydrogen-bond donors (Lipinski definition) is 1. The van der Waals surface area contributed by atoms with Crippen molar-refractivity contribution in [2.45, 2.75) is 38.8 Å². The standard InChI is InChI=1S/C14H20N4/c1-11-4-6-18(7-5-11)14-12(8-15-10-17-14)9-16-13-2-3-13/h4,8,10,13,16H,2-3,5-7,9H2,1H3. The Morgan fingerprint density at radius 1 is 1.44 bits per heavy atom. The summed E-state index contributed by atoms with van der Waals surface area (Å²) in [7, 11) is 0. The minimum atomic E-state index is 0.724. The van der Waals surface area contributed by atoms with Gasteiger partial charge in [-0.05, 0) is 26.2 Å². The Hall–Kier alpha value is -1.42. The van der Waals surface area contributed by atoms with Gasteiger partial charge >= 0.3 is 0 Å². The van der Waals surface area contributed by atoms with E-state index in [9.17, 15) is 0 Å². The van der Waals surface area contributed by atoms with E-state index in [0.29, 0.717) is 0 Å². The predicted molar refractivity (Wildman–Crippen MR) is 72.5 cm³/mol. The molecule has 18 heavy (non-hydrogen) atoms. The molecule has 96 valence electrons. The van der Waals surface area contributed by atoms with Gasteiger partial charge in [0, 0.05) is 37.4 Å². The van der Waals surface area contributed by atoms with Gasteiger partial charge in [-0.25, -0.2) is 9.97 Å². The largest absolute Gasteiger partial charge is 0.352 e. The molecule has 0 spiro atoms. The molecule has 2 aliphatic rings. The van der Waals surface area contributed by atoms with Gasteiger partial charge in [0.15, 0.2) is 0 Å². The van der Waals surface area contributed by atoms with Crippen LogP contribution in [-0.2, 0) is 6.54 Å². The van der Waals surface area contributed by atoms with Crippen molar-refractivity contribution in [1.82, 2.24) is 15.3 Å². The van der Waals surface area contributed by atoms with Gasteiger partial charge in [0.1, 0.15) is 12.1 Å². The first-order valence-corrected chi connectivity index (χ1v) is 6.76. The Morgan fingerprint density at radius 2 is 2.33 bits per heavy atom. The monoisotopic (exact) mass is 244 g/mol.